The maximum absolute atomic E-state index is 5.49. The third-order valence-electron chi connectivity index (χ3n) is 6.97. The van der Waals surface area contributed by atoms with E-state index >= 15 is 0 Å². The van der Waals surface area contributed by atoms with Crippen molar-refractivity contribution in [2.24, 2.45) is 0 Å². The van der Waals surface area contributed by atoms with E-state index in [2.05, 4.69) is 91.1 Å². The van der Waals surface area contributed by atoms with E-state index in [1.165, 1.54) is 48.8 Å². The molecular weight excluding hydrogens is 366 g/mol. The topological polar surface area (TPSA) is 21.3 Å². The minimum absolute atomic E-state index is 0.239. The molecule has 0 atom stereocenters. The van der Waals surface area contributed by atoms with Crippen LogP contribution in [0.25, 0.3) is 0 Å². The van der Waals surface area contributed by atoms with Crippen molar-refractivity contribution in [1.82, 2.24) is 5.32 Å². The van der Waals surface area contributed by atoms with Crippen LogP contribution in [0.2, 0.25) is 0 Å². The number of benzene rings is 3. The summed E-state index contributed by atoms with van der Waals surface area (Å²) in [7, 11) is 1.76. The smallest absolute Gasteiger partial charge is 0.119 e. The molecule has 0 aliphatic heterocycles. The molecule has 30 heavy (non-hydrogen) atoms. The van der Waals surface area contributed by atoms with E-state index in [4.69, 9.17) is 4.74 Å². The molecule has 1 saturated carbocycles. The van der Waals surface area contributed by atoms with Crippen LogP contribution in [0.15, 0.2) is 84.9 Å². The Labute approximate surface area is 181 Å². The lowest BCUT2D eigenvalue weighted by atomic mass is 9.66. The highest BCUT2D eigenvalue weighted by Gasteiger charge is 2.36. The van der Waals surface area contributed by atoms with Crippen LogP contribution in [0.1, 0.15) is 61.8 Å². The van der Waals surface area contributed by atoms with Gasteiger partial charge in [-0.25, -0.2) is 0 Å². The largest absolute Gasteiger partial charge is 0.497 e. The van der Waals surface area contributed by atoms with E-state index in [9.17, 15) is 0 Å². The Kier molecular flexibility index (Phi) is 6.54. The van der Waals surface area contributed by atoms with Gasteiger partial charge in [0.05, 0.1) is 13.2 Å². The molecule has 3 aromatic rings. The molecule has 0 bridgehead atoms. The Morgan fingerprint density at radius 1 is 0.867 bits per heavy atom. The zero-order valence-electron chi connectivity index (χ0n) is 18.2. The van der Waals surface area contributed by atoms with Crippen molar-refractivity contribution in [3.63, 3.8) is 0 Å². The van der Waals surface area contributed by atoms with E-state index in [0.717, 1.165) is 5.75 Å². The Hall–Kier alpha value is -2.58. The lowest BCUT2D eigenvalue weighted by molar-refractivity contribution is 0.232. The lowest BCUT2D eigenvalue weighted by Gasteiger charge is -2.41. The van der Waals surface area contributed by atoms with Gasteiger partial charge in [0, 0.05) is 6.04 Å². The molecule has 0 saturated heterocycles. The summed E-state index contributed by atoms with van der Waals surface area (Å²) < 4.78 is 5.49. The van der Waals surface area contributed by atoms with E-state index in [0.29, 0.717) is 6.04 Å². The Morgan fingerprint density at radius 2 is 1.47 bits per heavy atom. The van der Waals surface area contributed by atoms with Crippen molar-refractivity contribution >= 4 is 0 Å². The van der Waals surface area contributed by atoms with Gasteiger partial charge in [-0.05, 0) is 66.3 Å². The van der Waals surface area contributed by atoms with Gasteiger partial charge in [-0.1, -0.05) is 79.7 Å². The van der Waals surface area contributed by atoms with Crippen LogP contribution in [0.4, 0.5) is 0 Å². The molecule has 0 aromatic heterocycles. The molecule has 0 amide bonds. The van der Waals surface area contributed by atoms with Gasteiger partial charge < -0.3 is 10.1 Å². The van der Waals surface area contributed by atoms with E-state index in [1.54, 1.807) is 7.11 Å². The molecule has 1 aliphatic rings. The van der Waals surface area contributed by atoms with Crippen molar-refractivity contribution in [2.75, 3.05) is 7.11 Å². The highest BCUT2D eigenvalue weighted by atomic mass is 16.5. The normalized spacial score (nSPS) is 21.5. The van der Waals surface area contributed by atoms with Gasteiger partial charge in [-0.3, -0.25) is 0 Å². The average Bonchev–Trinajstić information content (AvgIpc) is 2.84. The summed E-state index contributed by atoms with van der Waals surface area (Å²) in [6.07, 6.45) is 5.99. The Balaban J connectivity index is 1.51. The molecule has 2 nitrogen and oxygen atoms in total. The second kappa shape index (κ2) is 9.49. The van der Waals surface area contributed by atoms with Crippen molar-refractivity contribution in [2.45, 2.75) is 56.5 Å². The molecule has 156 valence electrons. The fraction of sp³-hybridized carbons (Fsp3) is 0.357. The zero-order chi connectivity index (χ0) is 20.8. The molecular formula is C28H33NO. The minimum atomic E-state index is 0.239. The number of ether oxygens (including phenoxy) is 1. The predicted molar refractivity (Wildman–Crippen MR) is 125 cm³/mol. The summed E-state index contributed by atoms with van der Waals surface area (Å²) in [4.78, 5) is 0. The van der Waals surface area contributed by atoms with E-state index in [1.807, 2.05) is 6.07 Å². The molecule has 1 fully saturated rings. The second-order valence-corrected chi connectivity index (χ2v) is 8.56. The summed E-state index contributed by atoms with van der Waals surface area (Å²) >= 11 is 0. The van der Waals surface area contributed by atoms with Gasteiger partial charge in [-0.2, -0.15) is 0 Å². The average molecular weight is 400 g/mol. The third kappa shape index (κ3) is 4.44. The van der Waals surface area contributed by atoms with Crippen LogP contribution in [-0.4, -0.2) is 13.2 Å². The molecule has 0 spiro atoms. The Morgan fingerprint density at radius 3 is 2.00 bits per heavy atom. The number of methoxy groups -OCH3 is 1. The lowest BCUT2D eigenvalue weighted by Crippen LogP contribution is -2.41. The quantitative estimate of drug-likeness (QED) is 0.479. The summed E-state index contributed by atoms with van der Waals surface area (Å²) in [5.41, 5.74) is 4.37. The first-order valence-electron chi connectivity index (χ1n) is 11.2. The van der Waals surface area contributed by atoms with Gasteiger partial charge in [0.1, 0.15) is 5.75 Å². The van der Waals surface area contributed by atoms with Gasteiger partial charge in [-0.15, -0.1) is 0 Å². The predicted octanol–water partition coefficient (Wildman–Crippen LogP) is 6.66. The van der Waals surface area contributed by atoms with Crippen molar-refractivity contribution in [3.05, 3.63) is 102 Å². The van der Waals surface area contributed by atoms with Crippen molar-refractivity contribution in [1.29, 1.82) is 0 Å². The highest BCUT2D eigenvalue weighted by molar-refractivity contribution is 5.35. The van der Waals surface area contributed by atoms with Crippen molar-refractivity contribution in [3.8, 4) is 5.75 Å². The molecule has 2 heteroatoms. The first-order chi connectivity index (χ1) is 14.7. The summed E-state index contributed by atoms with van der Waals surface area (Å²) in [6, 6.07) is 31.2. The molecule has 4 rings (SSSR count). The number of hydrogen-bond donors (Lipinski definition) is 1. The van der Waals surface area contributed by atoms with Gasteiger partial charge >= 0.3 is 0 Å². The van der Waals surface area contributed by atoms with Gasteiger partial charge in [0.15, 0.2) is 0 Å². The minimum Gasteiger partial charge on any atom is -0.497 e. The van der Waals surface area contributed by atoms with Crippen LogP contribution in [0.5, 0.6) is 5.75 Å². The van der Waals surface area contributed by atoms with Crippen LogP contribution in [0, 0.1) is 0 Å². The standard InChI is InChI=1S/C28H33NO/c1-3-28(24-15-10-16-26(21-24)30-2)19-17-25(18-20-28)29-27(22-11-6-4-7-12-22)23-13-8-5-9-14-23/h4-16,21,25,27,29H,3,17-20H2,1-2H3. The molecule has 3 aromatic carbocycles. The zero-order valence-corrected chi connectivity index (χ0v) is 18.2. The van der Waals surface area contributed by atoms with Crippen molar-refractivity contribution < 1.29 is 4.74 Å². The van der Waals surface area contributed by atoms with E-state index in [-0.39, 0.29) is 11.5 Å². The van der Waals surface area contributed by atoms with Gasteiger partial charge in [0.2, 0.25) is 0 Å². The SMILES string of the molecule is CCC1(c2cccc(OC)c2)CCC(NC(c2ccccc2)c2ccccc2)CC1. The monoisotopic (exact) mass is 399 g/mol. The van der Waals surface area contributed by atoms with Crippen LogP contribution >= 0.6 is 0 Å². The third-order valence-corrected chi connectivity index (χ3v) is 6.97. The van der Waals surface area contributed by atoms with E-state index < -0.39 is 0 Å². The molecule has 1 N–H and O–H groups in total. The fourth-order valence-corrected chi connectivity index (χ4v) is 5.05. The van der Waals surface area contributed by atoms with Crippen LogP contribution < -0.4 is 10.1 Å². The summed E-state index contributed by atoms with van der Waals surface area (Å²) in [5.74, 6) is 0.966. The molecule has 0 heterocycles. The van der Waals surface area contributed by atoms with Gasteiger partial charge in [0.25, 0.3) is 0 Å². The molecule has 1 aliphatic carbocycles. The van der Waals surface area contributed by atoms with Crippen LogP contribution in [-0.2, 0) is 5.41 Å². The molecule has 0 unspecified atom stereocenters. The number of nitrogens with one attached hydrogen (secondary N) is 1. The molecule has 0 radical (unpaired) electrons. The number of rotatable bonds is 7. The fourth-order valence-electron chi connectivity index (χ4n) is 5.05. The number of hydrogen-bond acceptors (Lipinski definition) is 2. The maximum atomic E-state index is 5.49. The first kappa shape index (κ1) is 20.7. The summed E-state index contributed by atoms with van der Waals surface area (Å²) in [5, 5.41) is 4.00. The second-order valence-electron chi connectivity index (χ2n) is 8.56. The summed E-state index contributed by atoms with van der Waals surface area (Å²) in [6.45, 7) is 2.34. The maximum Gasteiger partial charge on any atom is 0.119 e. The Bertz CT molecular complexity index is 874. The highest BCUT2D eigenvalue weighted by Crippen LogP contribution is 2.43. The van der Waals surface area contributed by atoms with Crippen LogP contribution in [0.3, 0.4) is 0 Å². The first-order valence-corrected chi connectivity index (χ1v) is 11.2.